The van der Waals surface area contributed by atoms with E-state index in [9.17, 15) is 4.79 Å². The Morgan fingerprint density at radius 2 is 1.54 bits per heavy atom. The number of hydrogen-bond donors (Lipinski definition) is 0. The van der Waals surface area contributed by atoms with Crippen LogP contribution in [0, 0.1) is 0 Å². The van der Waals surface area contributed by atoms with E-state index >= 15 is 0 Å². The summed E-state index contributed by atoms with van der Waals surface area (Å²) in [4.78, 5) is 20.6. The zero-order valence-electron chi connectivity index (χ0n) is 17.6. The monoisotopic (exact) mass is 382 g/mol. The lowest BCUT2D eigenvalue weighted by molar-refractivity contribution is 0.0273. The first kappa shape index (κ1) is 22.1. The van der Waals surface area contributed by atoms with E-state index in [1.165, 1.54) is 44.1 Å². The molecule has 28 heavy (non-hydrogen) atoms. The van der Waals surface area contributed by atoms with E-state index in [-0.39, 0.29) is 11.9 Å². The van der Waals surface area contributed by atoms with Crippen LogP contribution in [0.4, 0.5) is 0 Å². The normalized spacial score (nSPS) is 12.0. The molecule has 1 atom stereocenters. The van der Waals surface area contributed by atoms with Gasteiger partial charge >= 0.3 is 5.97 Å². The molecule has 0 spiro atoms. The zero-order valence-corrected chi connectivity index (χ0v) is 17.6. The van der Waals surface area contributed by atoms with Crippen molar-refractivity contribution in [1.82, 2.24) is 9.97 Å². The quantitative estimate of drug-likeness (QED) is 0.321. The van der Waals surface area contributed by atoms with Gasteiger partial charge in [-0.25, -0.2) is 14.8 Å². The second-order valence-corrected chi connectivity index (χ2v) is 7.33. The molecule has 0 bridgehead atoms. The smallest absolute Gasteiger partial charge is 0.376 e. The Kier molecular flexibility index (Phi) is 9.67. The molecule has 2 aromatic rings. The molecule has 0 radical (unpaired) electrons. The lowest BCUT2D eigenvalue weighted by atomic mass is 10.0. The molecule has 0 N–H and O–H groups in total. The fourth-order valence-electron chi connectivity index (χ4n) is 3.22. The van der Waals surface area contributed by atoms with Gasteiger partial charge in [-0.05, 0) is 42.4 Å². The number of nitrogens with zero attached hydrogens (tertiary/aromatic N) is 2. The van der Waals surface area contributed by atoms with Crippen LogP contribution < -0.4 is 0 Å². The van der Waals surface area contributed by atoms with Crippen LogP contribution in [0.25, 0.3) is 0 Å². The largest absolute Gasteiger partial charge is 0.452 e. The van der Waals surface area contributed by atoms with Crippen molar-refractivity contribution in [1.29, 1.82) is 0 Å². The summed E-state index contributed by atoms with van der Waals surface area (Å²) in [6.07, 6.45) is 13.6. The molecule has 0 aliphatic rings. The minimum absolute atomic E-state index is 0.121. The fraction of sp³-hybridized carbons (Fsp3) is 0.542. The maximum Gasteiger partial charge on any atom is 0.376 e. The van der Waals surface area contributed by atoms with Crippen LogP contribution in [0.5, 0.6) is 0 Å². The van der Waals surface area contributed by atoms with Crippen LogP contribution in [0.3, 0.4) is 0 Å². The molecule has 2 rings (SSSR count). The summed E-state index contributed by atoms with van der Waals surface area (Å²) < 4.78 is 5.66. The van der Waals surface area contributed by atoms with Gasteiger partial charge in [-0.3, -0.25) is 0 Å². The summed E-state index contributed by atoms with van der Waals surface area (Å²) in [5, 5.41) is 0. The first-order valence-electron chi connectivity index (χ1n) is 10.8. The van der Waals surface area contributed by atoms with Crippen LogP contribution in [-0.2, 0) is 17.6 Å². The number of rotatable bonds is 12. The van der Waals surface area contributed by atoms with Gasteiger partial charge in [0.2, 0.25) is 5.82 Å². The first-order valence-corrected chi connectivity index (χ1v) is 10.8. The number of aryl methyl sites for hydroxylation is 2. The van der Waals surface area contributed by atoms with E-state index in [0.29, 0.717) is 0 Å². The van der Waals surface area contributed by atoms with E-state index in [1.54, 1.807) is 12.4 Å². The van der Waals surface area contributed by atoms with Crippen LogP contribution in [0.15, 0.2) is 36.7 Å². The summed E-state index contributed by atoms with van der Waals surface area (Å²) in [6, 6.07) is 8.47. The molecule has 1 aromatic heterocycles. The van der Waals surface area contributed by atoms with Crippen molar-refractivity contribution in [2.75, 3.05) is 0 Å². The highest BCUT2D eigenvalue weighted by Gasteiger charge is 2.18. The minimum atomic E-state index is -0.467. The Hall–Kier alpha value is -2.23. The fourth-order valence-corrected chi connectivity index (χ4v) is 3.22. The molecular formula is C24H34N2O2. The Morgan fingerprint density at radius 1 is 0.893 bits per heavy atom. The third-order valence-electron chi connectivity index (χ3n) is 5.09. The summed E-state index contributed by atoms with van der Waals surface area (Å²) >= 11 is 0. The number of aromatic nitrogens is 2. The van der Waals surface area contributed by atoms with Crippen molar-refractivity contribution in [2.24, 2.45) is 0 Å². The third kappa shape index (κ3) is 7.06. The van der Waals surface area contributed by atoms with Crippen molar-refractivity contribution >= 4 is 5.97 Å². The van der Waals surface area contributed by atoms with Crippen molar-refractivity contribution in [2.45, 2.75) is 84.7 Å². The molecule has 0 amide bonds. The van der Waals surface area contributed by atoms with Gasteiger partial charge in [0.1, 0.15) is 6.10 Å². The molecule has 1 heterocycles. The third-order valence-corrected chi connectivity index (χ3v) is 5.09. The van der Waals surface area contributed by atoms with Crippen LogP contribution in [0.1, 0.15) is 99.1 Å². The second kappa shape index (κ2) is 12.3. The van der Waals surface area contributed by atoms with Gasteiger partial charge < -0.3 is 4.74 Å². The zero-order chi connectivity index (χ0) is 20.2. The number of ether oxygens (including phenoxy) is 1. The Labute approximate surface area is 169 Å². The van der Waals surface area contributed by atoms with Gasteiger partial charge in [-0.15, -0.1) is 0 Å². The van der Waals surface area contributed by atoms with E-state index in [0.717, 1.165) is 30.4 Å². The standard InChI is InChI=1S/C24H34N2O2/c1-4-7-8-9-10-11-12-20-13-15-21(16-14-20)22(6-3)28-24(27)23-25-17-19(5-2)18-26-23/h13-18,22H,4-12H2,1-3H3. The van der Waals surface area contributed by atoms with E-state index in [2.05, 4.69) is 41.2 Å². The van der Waals surface area contributed by atoms with Crippen molar-refractivity contribution in [3.05, 3.63) is 59.2 Å². The van der Waals surface area contributed by atoms with Crippen molar-refractivity contribution < 1.29 is 9.53 Å². The molecular weight excluding hydrogens is 348 g/mol. The van der Waals surface area contributed by atoms with Crippen LogP contribution in [-0.4, -0.2) is 15.9 Å². The summed E-state index contributed by atoms with van der Waals surface area (Å²) in [6.45, 7) is 6.29. The molecule has 0 aliphatic heterocycles. The molecule has 1 aromatic carbocycles. The first-order chi connectivity index (χ1) is 13.7. The average molecular weight is 383 g/mol. The maximum absolute atomic E-state index is 12.4. The number of esters is 1. The van der Waals surface area contributed by atoms with Gasteiger partial charge in [-0.2, -0.15) is 0 Å². The van der Waals surface area contributed by atoms with Gasteiger partial charge in [0.05, 0.1) is 0 Å². The highest BCUT2D eigenvalue weighted by molar-refractivity contribution is 5.85. The van der Waals surface area contributed by atoms with E-state index in [1.807, 2.05) is 13.8 Å². The van der Waals surface area contributed by atoms with Crippen LogP contribution >= 0.6 is 0 Å². The lowest BCUT2D eigenvalue weighted by Gasteiger charge is -2.16. The summed E-state index contributed by atoms with van der Waals surface area (Å²) in [5.41, 5.74) is 3.37. The maximum atomic E-state index is 12.4. The predicted octanol–water partition coefficient (Wildman–Crippen LogP) is 6.25. The molecule has 0 fully saturated rings. The van der Waals surface area contributed by atoms with Gasteiger partial charge in [0.15, 0.2) is 0 Å². The molecule has 4 nitrogen and oxygen atoms in total. The SMILES string of the molecule is CCCCCCCCc1ccc(C(CC)OC(=O)c2ncc(CC)cn2)cc1. The number of hydrogen-bond acceptors (Lipinski definition) is 4. The van der Waals surface area contributed by atoms with E-state index in [4.69, 9.17) is 4.74 Å². The Morgan fingerprint density at radius 3 is 2.14 bits per heavy atom. The molecule has 4 heteroatoms. The highest BCUT2D eigenvalue weighted by atomic mass is 16.5. The van der Waals surface area contributed by atoms with E-state index < -0.39 is 5.97 Å². The molecule has 152 valence electrons. The van der Waals surface area contributed by atoms with Crippen LogP contribution in [0.2, 0.25) is 0 Å². The summed E-state index contributed by atoms with van der Waals surface area (Å²) in [7, 11) is 0. The second-order valence-electron chi connectivity index (χ2n) is 7.33. The number of benzene rings is 1. The predicted molar refractivity (Wildman–Crippen MR) is 113 cm³/mol. The number of unbranched alkanes of at least 4 members (excludes halogenated alkanes) is 5. The van der Waals surface area contributed by atoms with Gasteiger partial charge in [0, 0.05) is 12.4 Å². The lowest BCUT2D eigenvalue weighted by Crippen LogP contribution is -2.14. The average Bonchev–Trinajstić information content (AvgIpc) is 2.75. The van der Waals surface area contributed by atoms with Crippen molar-refractivity contribution in [3.63, 3.8) is 0 Å². The highest BCUT2D eigenvalue weighted by Crippen LogP contribution is 2.23. The van der Waals surface area contributed by atoms with Gasteiger partial charge in [-0.1, -0.05) is 77.1 Å². The Bertz CT molecular complexity index is 696. The van der Waals surface area contributed by atoms with Gasteiger partial charge in [0.25, 0.3) is 0 Å². The number of carbonyl (C=O) groups excluding carboxylic acids is 1. The minimum Gasteiger partial charge on any atom is -0.452 e. The molecule has 1 unspecified atom stereocenters. The topological polar surface area (TPSA) is 52.1 Å². The number of carbonyl (C=O) groups is 1. The molecule has 0 aliphatic carbocycles. The Balaban J connectivity index is 1.86. The molecule has 0 saturated heterocycles. The van der Waals surface area contributed by atoms with Crippen molar-refractivity contribution in [3.8, 4) is 0 Å². The molecule has 0 saturated carbocycles. The summed E-state index contributed by atoms with van der Waals surface area (Å²) in [5.74, 6) is -0.346.